The van der Waals surface area contributed by atoms with Gasteiger partial charge in [-0.15, -0.1) is 0 Å². The molecule has 0 aliphatic rings. The first-order valence-electron chi connectivity index (χ1n) is 6.54. The third-order valence-corrected chi connectivity index (χ3v) is 2.53. The van der Waals surface area contributed by atoms with Gasteiger partial charge >= 0.3 is 6.03 Å². The molecule has 2 N–H and O–H groups in total. The van der Waals surface area contributed by atoms with Gasteiger partial charge in [0.05, 0.1) is 13.7 Å². The van der Waals surface area contributed by atoms with Crippen LogP contribution >= 0.6 is 0 Å². The predicted molar refractivity (Wildman–Crippen MR) is 74.8 cm³/mol. The Bertz CT molecular complexity index is 365. The quantitative estimate of drug-likeness (QED) is 0.709. The molecule has 0 spiro atoms. The van der Waals surface area contributed by atoms with Crippen LogP contribution < -0.4 is 20.1 Å². The van der Waals surface area contributed by atoms with Crippen LogP contribution in [0.2, 0.25) is 0 Å². The predicted octanol–water partition coefficient (Wildman–Crippen LogP) is 2.17. The second-order valence-electron chi connectivity index (χ2n) is 4.06. The zero-order chi connectivity index (χ0) is 13.9. The number of hydrogen-bond donors (Lipinski definition) is 2. The topological polar surface area (TPSA) is 59.6 Å². The van der Waals surface area contributed by atoms with Crippen molar-refractivity contribution in [2.24, 2.45) is 0 Å². The van der Waals surface area contributed by atoms with Gasteiger partial charge in [-0.2, -0.15) is 0 Å². The Labute approximate surface area is 114 Å². The van der Waals surface area contributed by atoms with Crippen molar-refractivity contribution in [3.63, 3.8) is 0 Å². The van der Waals surface area contributed by atoms with Gasteiger partial charge in [0.2, 0.25) is 0 Å². The Morgan fingerprint density at radius 3 is 2.37 bits per heavy atom. The van der Waals surface area contributed by atoms with Crippen LogP contribution in [0.5, 0.6) is 11.5 Å². The maximum absolute atomic E-state index is 11.3. The molecule has 1 aromatic rings. The van der Waals surface area contributed by atoms with Crippen molar-refractivity contribution in [1.82, 2.24) is 10.6 Å². The normalized spacial score (nSPS) is 9.79. The van der Waals surface area contributed by atoms with Crippen molar-refractivity contribution in [2.75, 3.05) is 26.8 Å². The molecule has 0 aliphatic heterocycles. The third kappa shape index (κ3) is 6.55. The van der Waals surface area contributed by atoms with Gasteiger partial charge < -0.3 is 20.1 Å². The first-order chi connectivity index (χ1) is 9.26. The number of ether oxygens (including phenoxy) is 2. The number of benzene rings is 1. The summed E-state index contributed by atoms with van der Waals surface area (Å²) in [6.45, 7) is 3.71. The molecule has 19 heavy (non-hydrogen) atoms. The summed E-state index contributed by atoms with van der Waals surface area (Å²) in [5, 5.41) is 5.51. The van der Waals surface area contributed by atoms with Crippen LogP contribution in [0.3, 0.4) is 0 Å². The first-order valence-corrected chi connectivity index (χ1v) is 6.54. The number of rotatable bonds is 8. The van der Waals surface area contributed by atoms with E-state index in [4.69, 9.17) is 9.47 Å². The van der Waals surface area contributed by atoms with Crippen molar-refractivity contribution in [2.45, 2.75) is 19.8 Å². The van der Waals surface area contributed by atoms with E-state index in [9.17, 15) is 4.79 Å². The van der Waals surface area contributed by atoms with Crippen LogP contribution in [0, 0.1) is 0 Å². The van der Waals surface area contributed by atoms with Gasteiger partial charge in [0.1, 0.15) is 18.1 Å². The molecule has 0 atom stereocenters. The molecular formula is C14H22N2O3. The van der Waals surface area contributed by atoms with Crippen LogP contribution in [0.25, 0.3) is 0 Å². The monoisotopic (exact) mass is 266 g/mol. The van der Waals surface area contributed by atoms with Gasteiger partial charge in [-0.05, 0) is 30.7 Å². The number of methoxy groups -OCH3 is 1. The minimum atomic E-state index is -0.146. The highest BCUT2D eigenvalue weighted by atomic mass is 16.5. The minimum absolute atomic E-state index is 0.146. The van der Waals surface area contributed by atoms with Crippen molar-refractivity contribution in [3.8, 4) is 11.5 Å². The lowest BCUT2D eigenvalue weighted by molar-refractivity contribution is 0.236. The van der Waals surface area contributed by atoms with E-state index >= 15 is 0 Å². The summed E-state index contributed by atoms with van der Waals surface area (Å²) in [6, 6.07) is 7.19. The van der Waals surface area contributed by atoms with E-state index in [-0.39, 0.29) is 6.03 Å². The summed E-state index contributed by atoms with van der Waals surface area (Å²) in [6.07, 6.45) is 2.07. The van der Waals surface area contributed by atoms with Crippen molar-refractivity contribution >= 4 is 6.03 Å². The van der Waals surface area contributed by atoms with Gasteiger partial charge in [0.15, 0.2) is 0 Å². The highest BCUT2D eigenvalue weighted by Gasteiger charge is 1.99. The van der Waals surface area contributed by atoms with E-state index in [0.29, 0.717) is 19.7 Å². The van der Waals surface area contributed by atoms with Crippen molar-refractivity contribution < 1.29 is 14.3 Å². The zero-order valence-corrected chi connectivity index (χ0v) is 11.6. The van der Waals surface area contributed by atoms with E-state index in [1.165, 1.54) is 0 Å². The molecule has 2 amide bonds. The molecule has 5 nitrogen and oxygen atoms in total. The van der Waals surface area contributed by atoms with E-state index in [1.54, 1.807) is 7.11 Å². The van der Waals surface area contributed by atoms with Crippen LogP contribution in [0.1, 0.15) is 19.8 Å². The number of nitrogens with one attached hydrogen (secondary N) is 2. The minimum Gasteiger partial charge on any atom is -0.497 e. The van der Waals surface area contributed by atoms with Crippen LogP contribution in [-0.4, -0.2) is 32.8 Å². The molecule has 0 radical (unpaired) electrons. The number of carbonyl (C=O) groups is 1. The third-order valence-electron chi connectivity index (χ3n) is 2.53. The lowest BCUT2D eigenvalue weighted by atomic mass is 10.3. The Kier molecular flexibility index (Phi) is 7.24. The van der Waals surface area contributed by atoms with Crippen LogP contribution in [0.15, 0.2) is 24.3 Å². The fourth-order valence-electron chi connectivity index (χ4n) is 1.45. The van der Waals surface area contributed by atoms with E-state index in [2.05, 4.69) is 17.6 Å². The number of hydrogen-bond acceptors (Lipinski definition) is 3. The van der Waals surface area contributed by atoms with Crippen molar-refractivity contribution in [1.29, 1.82) is 0 Å². The summed E-state index contributed by atoms with van der Waals surface area (Å²) in [7, 11) is 1.62. The van der Waals surface area contributed by atoms with Gasteiger partial charge in [-0.3, -0.25) is 0 Å². The highest BCUT2D eigenvalue weighted by molar-refractivity contribution is 5.73. The number of urea groups is 1. The van der Waals surface area contributed by atoms with Gasteiger partial charge in [0.25, 0.3) is 0 Å². The summed E-state index contributed by atoms with van der Waals surface area (Å²) in [5.74, 6) is 1.55. The molecule has 0 heterocycles. The second kappa shape index (κ2) is 9.08. The number of unbranched alkanes of at least 4 members (excludes halogenated alkanes) is 1. The van der Waals surface area contributed by atoms with Gasteiger partial charge in [-0.25, -0.2) is 4.79 Å². The summed E-state index contributed by atoms with van der Waals surface area (Å²) in [4.78, 5) is 11.3. The molecule has 0 saturated carbocycles. The first kappa shape index (κ1) is 15.1. The lowest BCUT2D eigenvalue weighted by Gasteiger charge is -2.09. The smallest absolute Gasteiger partial charge is 0.314 e. The SMILES string of the molecule is CCCCNC(=O)NCCOc1ccc(OC)cc1. The molecule has 0 unspecified atom stereocenters. The summed E-state index contributed by atoms with van der Waals surface area (Å²) < 4.78 is 10.5. The van der Waals surface area contributed by atoms with Crippen LogP contribution in [-0.2, 0) is 0 Å². The van der Waals surface area contributed by atoms with Gasteiger partial charge in [-0.1, -0.05) is 13.3 Å². The standard InChI is InChI=1S/C14H22N2O3/c1-3-4-9-15-14(17)16-10-11-19-13-7-5-12(18-2)6-8-13/h5-8H,3-4,9-11H2,1-2H3,(H2,15,16,17). The molecule has 1 rings (SSSR count). The Morgan fingerprint density at radius 1 is 1.11 bits per heavy atom. The second-order valence-corrected chi connectivity index (χ2v) is 4.06. The molecular weight excluding hydrogens is 244 g/mol. The fraction of sp³-hybridized carbons (Fsp3) is 0.500. The maximum Gasteiger partial charge on any atom is 0.314 e. The summed E-state index contributed by atoms with van der Waals surface area (Å²) >= 11 is 0. The molecule has 5 heteroatoms. The average Bonchev–Trinajstić information content (AvgIpc) is 2.44. The van der Waals surface area contributed by atoms with E-state index in [1.807, 2.05) is 24.3 Å². The van der Waals surface area contributed by atoms with E-state index in [0.717, 1.165) is 24.3 Å². The average molecular weight is 266 g/mol. The van der Waals surface area contributed by atoms with E-state index < -0.39 is 0 Å². The Morgan fingerprint density at radius 2 is 1.74 bits per heavy atom. The molecule has 0 fully saturated rings. The highest BCUT2D eigenvalue weighted by Crippen LogP contribution is 2.16. The molecule has 0 aromatic heterocycles. The molecule has 1 aromatic carbocycles. The Hall–Kier alpha value is -1.91. The number of amides is 2. The lowest BCUT2D eigenvalue weighted by Crippen LogP contribution is -2.38. The van der Waals surface area contributed by atoms with Crippen molar-refractivity contribution in [3.05, 3.63) is 24.3 Å². The molecule has 0 aliphatic carbocycles. The van der Waals surface area contributed by atoms with Gasteiger partial charge in [0, 0.05) is 6.54 Å². The zero-order valence-electron chi connectivity index (χ0n) is 11.6. The molecule has 106 valence electrons. The van der Waals surface area contributed by atoms with Crippen LogP contribution in [0.4, 0.5) is 4.79 Å². The maximum atomic E-state index is 11.3. The largest absolute Gasteiger partial charge is 0.497 e. The fourth-order valence-corrected chi connectivity index (χ4v) is 1.45. The Balaban J connectivity index is 2.11. The summed E-state index contributed by atoms with van der Waals surface area (Å²) in [5.41, 5.74) is 0. The molecule has 0 saturated heterocycles. The molecule has 0 bridgehead atoms. The number of carbonyl (C=O) groups excluding carboxylic acids is 1.